The van der Waals surface area contributed by atoms with E-state index in [1.807, 2.05) is 0 Å². The monoisotopic (exact) mass is 430 g/mol. The van der Waals surface area contributed by atoms with Crippen LogP contribution in [0.15, 0.2) is 71.6 Å². The van der Waals surface area contributed by atoms with Gasteiger partial charge in [-0.05, 0) is 30.3 Å². The Balaban J connectivity index is 1.94. The van der Waals surface area contributed by atoms with Gasteiger partial charge in [0.05, 0.1) is 30.5 Å². The molecule has 2 N–H and O–H groups in total. The number of hydrogen-bond acceptors (Lipinski definition) is 5. The van der Waals surface area contributed by atoms with Gasteiger partial charge in [-0.25, -0.2) is 12.8 Å². The second kappa shape index (κ2) is 8.83. The molecule has 0 aliphatic carbocycles. The van der Waals surface area contributed by atoms with E-state index >= 15 is 0 Å². The summed E-state index contributed by atoms with van der Waals surface area (Å²) >= 11 is 0. The molecule has 30 heavy (non-hydrogen) atoms. The average Bonchev–Trinajstić information content (AvgIpc) is 2.74. The fraction of sp³-hybridized carbons (Fsp3) is 0.0952. The van der Waals surface area contributed by atoms with Crippen molar-refractivity contribution in [3.63, 3.8) is 0 Å². The summed E-state index contributed by atoms with van der Waals surface area (Å²) in [4.78, 5) is 12.2. The summed E-state index contributed by atoms with van der Waals surface area (Å²) in [5.41, 5.74) is 0.794. The molecule has 0 saturated heterocycles. The van der Waals surface area contributed by atoms with Crippen molar-refractivity contribution < 1.29 is 27.1 Å². The van der Waals surface area contributed by atoms with E-state index in [0.717, 1.165) is 12.1 Å². The van der Waals surface area contributed by atoms with Gasteiger partial charge in [0.25, 0.3) is 15.9 Å². The van der Waals surface area contributed by atoms with E-state index in [0.29, 0.717) is 5.56 Å². The molecule has 0 heterocycles. The summed E-state index contributed by atoms with van der Waals surface area (Å²) in [6, 6.07) is 16.0. The molecule has 3 rings (SSSR count). The highest BCUT2D eigenvalue weighted by Gasteiger charge is 2.20. The molecule has 156 valence electrons. The van der Waals surface area contributed by atoms with Gasteiger partial charge < -0.3 is 14.8 Å². The Morgan fingerprint density at radius 2 is 1.50 bits per heavy atom. The lowest BCUT2D eigenvalue weighted by Gasteiger charge is -2.17. The Labute approximate surface area is 173 Å². The Morgan fingerprint density at radius 3 is 2.13 bits per heavy atom. The van der Waals surface area contributed by atoms with Crippen LogP contribution in [0.2, 0.25) is 0 Å². The van der Waals surface area contributed by atoms with Crippen LogP contribution in [-0.4, -0.2) is 28.5 Å². The lowest BCUT2D eigenvalue weighted by molar-refractivity contribution is 0.102. The van der Waals surface area contributed by atoms with Gasteiger partial charge in [0.1, 0.15) is 17.3 Å². The maximum Gasteiger partial charge on any atom is 0.262 e. The first-order valence-electron chi connectivity index (χ1n) is 8.75. The normalized spacial score (nSPS) is 10.9. The van der Waals surface area contributed by atoms with Gasteiger partial charge in [-0.2, -0.15) is 0 Å². The number of methoxy groups -OCH3 is 2. The van der Waals surface area contributed by atoms with Crippen molar-refractivity contribution in [2.45, 2.75) is 4.90 Å². The molecule has 0 radical (unpaired) electrons. The van der Waals surface area contributed by atoms with Gasteiger partial charge in [-0.15, -0.1) is 0 Å². The number of hydrogen-bond donors (Lipinski definition) is 2. The first-order valence-corrected chi connectivity index (χ1v) is 10.2. The van der Waals surface area contributed by atoms with Crippen molar-refractivity contribution in [2.75, 3.05) is 24.3 Å². The van der Waals surface area contributed by atoms with E-state index in [4.69, 9.17) is 9.47 Å². The maximum absolute atomic E-state index is 13.4. The van der Waals surface area contributed by atoms with Crippen LogP contribution in [0.25, 0.3) is 0 Å². The minimum absolute atomic E-state index is 0.0660. The van der Waals surface area contributed by atoms with Crippen LogP contribution in [0.4, 0.5) is 15.8 Å². The molecule has 0 saturated carbocycles. The maximum atomic E-state index is 13.4. The zero-order chi connectivity index (χ0) is 21.7. The highest BCUT2D eigenvalue weighted by molar-refractivity contribution is 7.92. The van der Waals surface area contributed by atoms with Gasteiger partial charge >= 0.3 is 0 Å². The van der Waals surface area contributed by atoms with Crippen molar-refractivity contribution in [2.24, 2.45) is 0 Å². The summed E-state index contributed by atoms with van der Waals surface area (Å²) < 4.78 is 51.6. The molecular weight excluding hydrogens is 411 g/mol. The van der Waals surface area contributed by atoms with Gasteiger partial charge in [0.15, 0.2) is 0 Å². The third-order valence-electron chi connectivity index (χ3n) is 4.16. The number of carbonyl (C=O) groups is 1. The Morgan fingerprint density at radius 1 is 0.867 bits per heavy atom. The molecule has 0 aliphatic rings. The molecule has 3 aromatic rings. The molecule has 3 aromatic carbocycles. The van der Waals surface area contributed by atoms with Crippen LogP contribution in [0.3, 0.4) is 0 Å². The van der Waals surface area contributed by atoms with Crippen molar-refractivity contribution in [1.82, 2.24) is 0 Å². The number of sulfonamides is 1. The summed E-state index contributed by atoms with van der Waals surface area (Å²) in [6.07, 6.45) is 0. The van der Waals surface area contributed by atoms with Gasteiger partial charge in [-0.3, -0.25) is 9.52 Å². The molecule has 0 bridgehead atoms. The summed E-state index contributed by atoms with van der Waals surface area (Å²) in [5, 5.41) is 2.71. The van der Waals surface area contributed by atoms with Crippen LogP contribution < -0.4 is 19.5 Å². The molecular formula is C21H19FN2O5S. The minimum Gasteiger partial charge on any atom is -0.494 e. The average molecular weight is 430 g/mol. The van der Waals surface area contributed by atoms with Crippen molar-refractivity contribution in [3.8, 4) is 11.5 Å². The molecule has 7 nitrogen and oxygen atoms in total. The van der Waals surface area contributed by atoms with Crippen molar-refractivity contribution >= 4 is 27.3 Å². The number of anilines is 2. The molecule has 1 amide bonds. The summed E-state index contributed by atoms with van der Waals surface area (Å²) in [7, 11) is -1.35. The van der Waals surface area contributed by atoms with E-state index in [2.05, 4.69) is 10.0 Å². The molecule has 0 unspecified atom stereocenters. The quantitative estimate of drug-likeness (QED) is 0.593. The second-order valence-corrected chi connectivity index (χ2v) is 7.82. The fourth-order valence-electron chi connectivity index (χ4n) is 2.70. The number of halogens is 1. The standard InChI is InChI=1S/C21H19FN2O5S/c1-28-19-13-18(24-30(26,27)16-10-6-9-15(22)11-16)20(29-2)12-17(19)23-21(25)14-7-4-3-5-8-14/h3-13,24H,1-2H3,(H,23,25). The number of ether oxygens (including phenoxy) is 2. The number of rotatable bonds is 7. The van der Waals surface area contributed by atoms with Crippen molar-refractivity contribution in [1.29, 1.82) is 0 Å². The minimum atomic E-state index is -4.09. The first-order chi connectivity index (χ1) is 14.3. The summed E-state index contributed by atoms with van der Waals surface area (Å²) in [6.45, 7) is 0. The number of amides is 1. The van der Waals surface area contributed by atoms with E-state index in [9.17, 15) is 17.6 Å². The summed E-state index contributed by atoms with van der Waals surface area (Å²) in [5.74, 6) is -0.707. The van der Waals surface area contributed by atoms with E-state index in [1.165, 1.54) is 38.5 Å². The van der Waals surface area contributed by atoms with Crippen LogP contribution in [0.5, 0.6) is 11.5 Å². The molecule has 0 fully saturated rings. The Bertz CT molecular complexity index is 1170. The Hall–Kier alpha value is -3.59. The molecule has 0 spiro atoms. The van der Waals surface area contributed by atoms with Gasteiger partial charge in [-0.1, -0.05) is 24.3 Å². The zero-order valence-electron chi connectivity index (χ0n) is 16.2. The van der Waals surface area contributed by atoms with E-state index in [-0.39, 0.29) is 33.7 Å². The second-order valence-electron chi connectivity index (χ2n) is 6.14. The number of nitrogens with one attached hydrogen (secondary N) is 2. The van der Waals surface area contributed by atoms with Crippen molar-refractivity contribution in [3.05, 3.63) is 78.1 Å². The Kier molecular flexibility index (Phi) is 6.22. The highest BCUT2D eigenvalue weighted by Crippen LogP contribution is 2.37. The van der Waals surface area contributed by atoms with Crippen LogP contribution >= 0.6 is 0 Å². The van der Waals surface area contributed by atoms with Gasteiger partial charge in [0.2, 0.25) is 0 Å². The van der Waals surface area contributed by atoms with Crippen LogP contribution in [0, 0.1) is 5.82 Å². The van der Waals surface area contributed by atoms with E-state index in [1.54, 1.807) is 30.3 Å². The zero-order valence-corrected chi connectivity index (χ0v) is 17.0. The fourth-order valence-corrected chi connectivity index (χ4v) is 3.79. The predicted molar refractivity (Wildman–Crippen MR) is 111 cm³/mol. The van der Waals surface area contributed by atoms with E-state index < -0.39 is 15.8 Å². The molecule has 9 heteroatoms. The lowest BCUT2D eigenvalue weighted by atomic mass is 10.2. The highest BCUT2D eigenvalue weighted by atomic mass is 32.2. The number of benzene rings is 3. The predicted octanol–water partition coefficient (Wildman–Crippen LogP) is 3.90. The topological polar surface area (TPSA) is 93.7 Å². The molecule has 0 aliphatic heterocycles. The SMILES string of the molecule is COc1cc(NS(=O)(=O)c2cccc(F)c2)c(OC)cc1NC(=O)c1ccccc1. The number of carbonyl (C=O) groups excluding carboxylic acids is 1. The third-order valence-corrected chi connectivity index (χ3v) is 5.52. The largest absolute Gasteiger partial charge is 0.494 e. The smallest absolute Gasteiger partial charge is 0.262 e. The molecule has 0 aromatic heterocycles. The lowest BCUT2D eigenvalue weighted by Crippen LogP contribution is -2.15. The van der Waals surface area contributed by atoms with Gasteiger partial charge in [0, 0.05) is 17.7 Å². The van der Waals surface area contributed by atoms with Crippen LogP contribution in [0.1, 0.15) is 10.4 Å². The molecule has 0 atom stereocenters. The first kappa shape index (κ1) is 21.1. The third kappa shape index (κ3) is 4.69. The van der Waals surface area contributed by atoms with Crippen LogP contribution in [-0.2, 0) is 10.0 Å².